The Labute approximate surface area is 206 Å². The second kappa shape index (κ2) is 9.64. The molecule has 0 aliphatic carbocycles. The molecule has 12 heteroatoms. The van der Waals surface area contributed by atoms with Crippen molar-refractivity contribution in [1.29, 1.82) is 0 Å². The largest absolute Gasteiger partial charge is 0.493 e. The van der Waals surface area contributed by atoms with Crippen molar-refractivity contribution in [2.75, 3.05) is 31.1 Å². The van der Waals surface area contributed by atoms with Crippen molar-refractivity contribution in [3.63, 3.8) is 0 Å². The molecule has 0 radical (unpaired) electrons. The fraction of sp³-hybridized carbons (Fsp3) is 0.250. The van der Waals surface area contributed by atoms with Gasteiger partial charge >= 0.3 is 6.03 Å². The van der Waals surface area contributed by atoms with Gasteiger partial charge in [-0.05, 0) is 13.0 Å². The average molecular weight is 498 g/mol. The Morgan fingerprint density at radius 1 is 1.19 bits per heavy atom. The first-order valence-corrected chi connectivity index (χ1v) is 10.8. The Bertz CT molecular complexity index is 1370. The van der Waals surface area contributed by atoms with Crippen LogP contribution >= 0.6 is 0 Å². The fourth-order valence-corrected chi connectivity index (χ4v) is 3.94. The number of fused-ring (bicyclic) bond motifs is 1. The van der Waals surface area contributed by atoms with Crippen molar-refractivity contribution in [2.45, 2.75) is 13.5 Å². The van der Waals surface area contributed by atoms with E-state index in [0.29, 0.717) is 28.2 Å². The van der Waals surface area contributed by atoms with Crippen molar-refractivity contribution in [1.82, 2.24) is 14.8 Å². The maximum absolute atomic E-state index is 15.4. The molecule has 2 N–H and O–H groups in total. The zero-order chi connectivity index (χ0) is 26.1. The van der Waals surface area contributed by atoms with Gasteiger partial charge in [-0.3, -0.25) is 19.6 Å². The number of methoxy groups -OCH3 is 2. The number of aryl methyl sites for hydroxylation is 1. The Kier molecular flexibility index (Phi) is 6.60. The summed E-state index contributed by atoms with van der Waals surface area (Å²) < 4.78 is 42.3. The molecule has 0 fully saturated rings. The minimum absolute atomic E-state index is 0.169. The standard InChI is InChI=1S/C24H25F2N7O3/c1-13(27)15(11-28-2)16-8-17-14(10-29-16)12-32(24(34)33(17)20-6-7-31(3)30-20)23-21(25)18(35-4)9-19(36-5)22(23)26/h6-11H,12,27H2,1-5H3. The van der Waals surface area contributed by atoms with E-state index in [9.17, 15) is 4.79 Å². The van der Waals surface area contributed by atoms with Gasteiger partial charge in [-0.25, -0.2) is 18.5 Å². The first kappa shape index (κ1) is 24.6. The number of anilines is 3. The summed E-state index contributed by atoms with van der Waals surface area (Å²) in [5.41, 5.74) is 7.92. The lowest BCUT2D eigenvalue weighted by Gasteiger charge is -2.36. The molecule has 2 aromatic heterocycles. The van der Waals surface area contributed by atoms with Gasteiger partial charge in [0.15, 0.2) is 29.0 Å². The highest BCUT2D eigenvalue weighted by molar-refractivity contribution is 6.13. The molecule has 1 aliphatic heterocycles. The quantitative estimate of drug-likeness (QED) is 0.519. The number of allylic oxidation sites excluding steroid dienone is 2. The number of aliphatic imine (C=N–C) groups is 1. The van der Waals surface area contributed by atoms with Crippen molar-refractivity contribution < 1.29 is 23.0 Å². The number of nitrogens with two attached hydrogens (primary N) is 1. The molecule has 4 rings (SSSR count). The number of ether oxygens (including phenoxy) is 2. The van der Waals surface area contributed by atoms with E-state index in [1.54, 1.807) is 45.6 Å². The number of rotatable bonds is 6. The molecular formula is C24H25F2N7O3. The van der Waals surface area contributed by atoms with Gasteiger partial charge in [0.2, 0.25) is 0 Å². The molecule has 1 aliphatic rings. The normalized spacial score (nSPS) is 14.2. The number of aromatic nitrogens is 3. The van der Waals surface area contributed by atoms with Crippen LogP contribution < -0.4 is 25.0 Å². The van der Waals surface area contributed by atoms with Gasteiger partial charge in [-0.2, -0.15) is 5.10 Å². The van der Waals surface area contributed by atoms with Crippen molar-refractivity contribution in [3.05, 3.63) is 59.2 Å². The SMILES string of the molecule is CN=CC(=C(C)N)c1cc2c(cn1)CN(c1c(F)c(OC)cc(OC)c1F)C(=O)N2c1ccn(C)n1. The molecule has 3 aromatic rings. The van der Waals surface area contributed by atoms with E-state index < -0.39 is 23.4 Å². The third-order valence-corrected chi connectivity index (χ3v) is 5.66. The lowest BCUT2D eigenvalue weighted by molar-refractivity contribution is 0.251. The first-order chi connectivity index (χ1) is 17.2. The summed E-state index contributed by atoms with van der Waals surface area (Å²) in [4.78, 5) is 24.6. The highest BCUT2D eigenvalue weighted by Crippen LogP contribution is 2.42. The number of benzene rings is 1. The van der Waals surface area contributed by atoms with E-state index in [-0.39, 0.29) is 23.9 Å². The predicted octanol–water partition coefficient (Wildman–Crippen LogP) is 3.78. The van der Waals surface area contributed by atoms with E-state index >= 15 is 8.78 Å². The van der Waals surface area contributed by atoms with E-state index in [2.05, 4.69) is 15.1 Å². The Hall–Kier alpha value is -4.48. The lowest BCUT2D eigenvalue weighted by Crippen LogP contribution is -2.46. The maximum Gasteiger partial charge on any atom is 0.335 e. The van der Waals surface area contributed by atoms with Crippen LogP contribution in [0.25, 0.3) is 5.57 Å². The van der Waals surface area contributed by atoms with E-state index in [1.165, 1.54) is 30.0 Å². The molecule has 0 spiro atoms. The number of hydrogen-bond donors (Lipinski definition) is 1. The van der Waals surface area contributed by atoms with Crippen LogP contribution in [0.2, 0.25) is 0 Å². The summed E-state index contributed by atoms with van der Waals surface area (Å²) in [5.74, 6) is -2.37. The summed E-state index contributed by atoms with van der Waals surface area (Å²) in [6, 6.07) is 3.64. The van der Waals surface area contributed by atoms with Crippen LogP contribution in [0.15, 0.2) is 41.3 Å². The highest BCUT2D eigenvalue weighted by atomic mass is 19.1. The predicted molar refractivity (Wildman–Crippen MR) is 132 cm³/mol. The Balaban J connectivity index is 1.95. The molecule has 36 heavy (non-hydrogen) atoms. The van der Waals surface area contributed by atoms with Gasteiger partial charge < -0.3 is 15.2 Å². The molecule has 0 saturated heterocycles. The second-order valence-corrected chi connectivity index (χ2v) is 7.99. The summed E-state index contributed by atoms with van der Waals surface area (Å²) in [6.45, 7) is 1.54. The van der Waals surface area contributed by atoms with Crippen LogP contribution in [0.5, 0.6) is 11.5 Å². The van der Waals surface area contributed by atoms with Crippen molar-refractivity contribution in [2.24, 2.45) is 17.8 Å². The summed E-state index contributed by atoms with van der Waals surface area (Å²) >= 11 is 0. The summed E-state index contributed by atoms with van der Waals surface area (Å²) in [5, 5.41) is 4.34. The third-order valence-electron chi connectivity index (χ3n) is 5.66. The van der Waals surface area contributed by atoms with Gasteiger partial charge in [0.1, 0.15) is 5.69 Å². The number of amides is 2. The Morgan fingerprint density at radius 3 is 2.39 bits per heavy atom. The van der Waals surface area contributed by atoms with E-state index in [0.717, 1.165) is 11.0 Å². The van der Waals surface area contributed by atoms with Gasteiger partial charge in [0.05, 0.1) is 32.1 Å². The zero-order valence-electron chi connectivity index (χ0n) is 20.4. The molecular weight excluding hydrogens is 472 g/mol. The minimum atomic E-state index is -1.04. The average Bonchev–Trinajstić information content (AvgIpc) is 3.28. The van der Waals surface area contributed by atoms with Crippen molar-refractivity contribution in [3.8, 4) is 11.5 Å². The maximum atomic E-state index is 15.4. The van der Waals surface area contributed by atoms with Crippen LogP contribution in [0.3, 0.4) is 0 Å². The number of pyridine rings is 1. The summed E-state index contributed by atoms with van der Waals surface area (Å²) in [7, 11) is 5.77. The number of hydrogen-bond acceptors (Lipinski definition) is 7. The Morgan fingerprint density at radius 2 is 1.86 bits per heavy atom. The minimum Gasteiger partial charge on any atom is -0.493 e. The number of urea groups is 1. The van der Waals surface area contributed by atoms with Crippen LogP contribution in [-0.4, -0.2) is 48.3 Å². The van der Waals surface area contributed by atoms with Gasteiger partial charge in [-0.1, -0.05) is 0 Å². The number of carbonyl (C=O) groups is 1. The topological polar surface area (TPSA) is 111 Å². The van der Waals surface area contributed by atoms with Gasteiger partial charge in [0.25, 0.3) is 0 Å². The number of carbonyl (C=O) groups excluding carboxylic acids is 1. The third kappa shape index (κ3) is 4.10. The van der Waals surface area contributed by atoms with Crippen LogP contribution in [-0.2, 0) is 13.6 Å². The van der Waals surface area contributed by atoms with Crippen LogP contribution in [0, 0.1) is 11.6 Å². The molecule has 2 amide bonds. The molecule has 1 aromatic carbocycles. The summed E-state index contributed by atoms with van der Waals surface area (Å²) in [6.07, 6.45) is 4.75. The number of nitrogens with zero attached hydrogens (tertiary/aromatic N) is 6. The van der Waals surface area contributed by atoms with Crippen LogP contribution in [0.1, 0.15) is 18.2 Å². The molecule has 3 heterocycles. The molecule has 0 unspecified atom stereocenters. The number of halogens is 2. The lowest BCUT2D eigenvalue weighted by atomic mass is 10.1. The van der Waals surface area contributed by atoms with E-state index in [4.69, 9.17) is 15.2 Å². The molecule has 10 nitrogen and oxygen atoms in total. The van der Waals surface area contributed by atoms with Crippen molar-refractivity contribution >= 4 is 35.0 Å². The molecule has 0 saturated carbocycles. The monoisotopic (exact) mass is 497 g/mol. The van der Waals surface area contributed by atoms with E-state index in [1.807, 2.05) is 0 Å². The van der Waals surface area contributed by atoms with Gasteiger partial charge in [-0.15, -0.1) is 0 Å². The zero-order valence-corrected chi connectivity index (χ0v) is 20.4. The van der Waals surface area contributed by atoms with Crippen LogP contribution in [0.4, 0.5) is 30.8 Å². The van der Waals surface area contributed by atoms with Gasteiger partial charge in [0, 0.05) is 61.7 Å². The molecule has 0 atom stereocenters. The smallest absolute Gasteiger partial charge is 0.335 e. The molecule has 188 valence electrons. The highest BCUT2D eigenvalue weighted by Gasteiger charge is 2.38. The molecule has 0 bridgehead atoms. The fourth-order valence-electron chi connectivity index (χ4n) is 3.94. The first-order valence-electron chi connectivity index (χ1n) is 10.8. The second-order valence-electron chi connectivity index (χ2n) is 7.99.